The monoisotopic (exact) mass is 414 g/mol. The molecule has 1 aliphatic carbocycles. The summed E-state index contributed by atoms with van der Waals surface area (Å²) < 4.78 is 5.82. The van der Waals surface area contributed by atoms with Crippen LogP contribution in [0.25, 0.3) is 22.5 Å². The smallest absolute Gasteiger partial charge is 0.343 e. The maximum Gasteiger partial charge on any atom is 0.343 e. The van der Waals surface area contributed by atoms with E-state index in [1.54, 1.807) is 0 Å². The maximum atomic E-state index is 5.82. The third kappa shape index (κ3) is 4.66. The minimum absolute atomic E-state index is 0.0120. The lowest BCUT2D eigenvalue weighted by Gasteiger charge is -2.23. The molecule has 1 aromatic carbocycles. The molecular weight excluding hydrogens is 384 g/mol. The first-order chi connectivity index (χ1) is 14.8. The highest BCUT2D eigenvalue weighted by Gasteiger charge is 2.28. The van der Waals surface area contributed by atoms with Gasteiger partial charge in [-0.05, 0) is 79.8 Å². The van der Waals surface area contributed by atoms with Gasteiger partial charge in [0.05, 0.1) is 5.52 Å². The van der Waals surface area contributed by atoms with Crippen LogP contribution in [0.15, 0.2) is 51.9 Å². The Hall–Kier alpha value is -3.08. The number of aryl methyl sites for hydroxylation is 1. The third-order valence-electron chi connectivity index (χ3n) is 5.55. The molecule has 2 aromatic heterocycles. The second kappa shape index (κ2) is 8.22. The number of nitrogens with zero attached hydrogens (tertiary/aromatic N) is 4. The molecule has 0 unspecified atom stereocenters. The number of allylic oxidation sites excluding steroid dienone is 4. The zero-order chi connectivity index (χ0) is 22.2. The lowest BCUT2D eigenvalue weighted by Crippen LogP contribution is -2.13. The highest BCUT2D eigenvalue weighted by Crippen LogP contribution is 2.44. The molecule has 0 radical (unpaired) electrons. The molecule has 4 rings (SSSR count). The molecule has 0 aliphatic heterocycles. The van der Waals surface area contributed by atoms with Gasteiger partial charge in [-0.2, -0.15) is 4.99 Å². The van der Waals surface area contributed by atoms with Crippen LogP contribution in [0.5, 0.6) is 0 Å². The van der Waals surface area contributed by atoms with Gasteiger partial charge in [0.2, 0.25) is 0 Å². The summed E-state index contributed by atoms with van der Waals surface area (Å²) in [6.45, 7) is 12.7. The molecule has 2 heterocycles. The maximum absolute atomic E-state index is 5.82. The highest BCUT2D eigenvalue weighted by atomic mass is 16.4. The van der Waals surface area contributed by atoms with E-state index in [0.717, 1.165) is 11.2 Å². The van der Waals surface area contributed by atoms with Gasteiger partial charge >= 0.3 is 6.01 Å². The number of aliphatic imine (C=N–C) groups is 1. The van der Waals surface area contributed by atoms with Crippen molar-refractivity contribution in [3.05, 3.63) is 59.2 Å². The molecule has 0 amide bonds. The standard InChI is InChI=1S/C26H30N4O/c1-7-8-9-10-17(3)27-25-30-29-24(31-25)22-13-16(2)20-14-19(18-11-12-18)15-21(23(20)28-22)26(4,5)6/h7-10,13-15,18H,11-12H2,1-6H3/b8-7?,10-9-,27-17?. The second-order valence-corrected chi connectivity index (χ2v) is 9.34. The van der Waals surface area contributed by atoms with Crippen LogP contribution in [0.2, 0.25) is 0 Å². The molecule has 1 saturated carbocycles. The Morgan fingerprint density at radius 1 is 1.13 bits per heavy atom. The van der Waals surface area contributed by atoms with E-state index in [9.17, 15) is 0 Å². The number of rotatable bonds is 5. The van der Waals surface area contributed by atoms with Crippen molar-refractivity contribution in [2.45, 2.75) is 65.7 Å². The second-order valence-electron chi connectivity index (χ2n) is 9.34. The summed E-state index contributed by atoms with van der Waals surface area (Å²) in [7, 11) is 0. The number of hydrogen-bond acceptors (Lipinski definition) is 5. The minimum atomic E-state index is -0.0120. The van der Waals surface area contributed by atoms with Crippen LogP contribution >= 0.6 is 0 Å². The van der Waals surface area contributed by atoms with Crippen LogP contribution in [0, 0.1) is 6.92 Å². The molecule has 31 heavy (non-hydrogen) atoms. The number of benzene rings is 1. The molecule has 0 saturated heterocycles. The van der Waals surface area contributed by atoms with Gasteiger partial charge in [0.1, 0.15) is 5.69 Å². The SMILES string of the molecule is CC=C/C=C\C(C)=Nc1nnc(-c2cc(C)c3cc(C4CC4)cc(C(C)(C)C)c3n2)o1. The van der Waals surface area contributed by atoms with Gasteiger partial charge in [-0.15, -0.1) is 5.10 Å². The summed E-state index contributed by atoms with van der Waals surface area (Å²) in [5.74, 6) is 1.09. The number of pyridine rings is 1. The van der Waals surface area contributed by atoms with Crippen molar-refractivity contribution in [1.29, 1.82) is 0 Å². The van der Waals surface area contributed by atoms with Crippen LogP contribution < -0.4 is 0 Å². The lowest BCUT2D eigenvalue weighted by molar-refractivity contribution is 0.577. The summed E-state index contributed by atoms with van der Waals surface area (Å²) in [5, 5.41) is 9.51. The topological polar surface area (TPSA) is 64.2 Å². The first kappa shape index (κ1) is 21.2. The molecule has 0 bridgehead atoms. The van der Waals surface area contributed by atoms with E-state index in [-0.39, 0.29) is 11.4 Å². The Bertz CT molecular complexity index is 1200. The Kier molecular flexibility index (Phi) is 5.61. The quantitative estimate of drug-likeness (QED) is 0.333. The highest BCUT2D eigenvalue weighted by molar-refractivity contribution is 5.94. The molecule has 1 fully saturated rings. The third-order valence-corrected chi connectivity index (χ3v) is 5.55. The van der Waals surface area contributed by atoms with Gasteiger partial charge in [-0.3, -0.25) is 0 Å². The van der Waals surface area contributed by atoms with Gasteiger partial charge in [-0.1, -0.05) is 50.2 Å². The summed E-state index contributed by atoms with van der Waals surface area (Å²) in [4.78, 5) is 9.36. The summed E-state index contributed by atoms with van der Waals surface area (Å²) in [6.07, 6.45) is 10.3. The van der Waals surface area contributed by atoms with Crippen molar-refractivity contribution in [2.24, 2.45) is 4.99 Å². The van der Waals surface area contributed by atoms with E-state index in [1.165, 1.54) is 34.9 Å². The molecule has 1 aliphatic rings. The molecule has 0 atom stereocenters. The first-order valence-electron chi connectivity index (χ1n) is 10.9. The Morgan fingerprint density at radius 2 is 1.90 bits per heavy atom. The molecule has 0 N–H and O–H groups in total. The fraction of sp³-hybridized carbons (Fsp3) is 0.385. The van der Waals surface area contributed by atoms with Crippen LogP contribution in [-0.4, -0.2) is 20.9 Å². The predicted octanol–water partition coefficient (Wildman–Crippen LogP) is 6.99. The Labute approximate surface area is 184 Å². The summed E-state index contributed by atoms with van der Waals surface area (Å²) >= 11 is 0. The fourth-order valence-corrected chi connectivity index (χ4v) is 3.71. The van der Waals surface area contributed by atoms with E-state index >= 15 is 0 Å². The van der Waals surface area contributed by atoms with Crippen molar-refractivity contribution in [3.63, 3.8) is 0 Å². The summed E-state index contributed by atoms with van der Waals surface area (Å²) in [6, 6.07) is 6.93. The normalized spacial score (nSPS) is 15.6. The average Bonchev–Trinajstić information content (AvgIpc) is 3.46. The fourth-order valence-electron chi connectivity index (χ4n) is 3.71. The van der Waals surface area contributed by atoms with Crippen molar-refractivity contribution >= 4 is 22.6 Å². The Balaban J connectivity index is 1.77. The predicted molar refractivity (Wildman–Crippen MR) is 127 cm³/mol. The van der Waals surface area contributed by atoms with Gasteiger partial charge < -0.3 is 4.42 Å². The molecule has 5 heteroatoms. The summed E-state index contributed by atoms with van der Waals surface area (Å²) in [5.41, 5.74) is 6.35. The Morgan fingerprint density at radius 3 is 2.58 bits per heavy atom. The van der Waals surface area contributed by atoms with E-state index in [4.69, 9.17) is 9.40 Å². The van der Waals surface area contributed by atoms with Crippen LogP contribution in [-0.2, 0) is 5.41 Å². The number of hydrogen-bond donors (Lipinski definition) is 0. The largest absolute Gasteiger partial charge is 0.400 e. The van der Waals surface area contributed by atoms with E-state index in [1.807, 2.05) is 44.2 Å². The molecule has 0 spiro atoms. The van der Waals surface area contributed by atoms with Gasteiger partial charge in [0.15, 0.2) is 0 Å². The number of aromatic nitrogens is 3. The zero-order valence-electron chi connectivity index (χ0n) is 19.2. The van der Waals surface area contributed by atoms with E-state index in [2.05, 4.69) is 55.0 Å². The van der Waals surface area contributed by atoms with Gasteiger partial charge in [-0.25, -0.2) is 4.98 Å². The van der Waals surface area contributed by atoms with Crippen molar-refractivity contribution in [3.8, 4) is 11.6 Å². The van der Waals surface area contributed by atoms with Gasteiger partial charge in [0, 0.05) is 11.1 Å². The van der Waals surface area contributed by atoms with Gasteiger partial charge in [0.25, 0.3) is 5.89 Å². The zero-order valence-corrected chi connectivity index (χ0v) is 19.2. The van der Waals surface area contributed by atoms with Crippen LogP contribution in [0.4, 0.5) is 6.01 Å². The van der Waals surface area contributed by atoms with Crippen molar-refractivity contribution in [2.75, 3.05) is 0 Å². The molecule has 160 valence electrons. The average molecular weight is 415 g/mol. The first-order valence-corrected chi connectivity index (χ1v) is 10.9. The molecule has 3 aromatic rings. The van der Waals surface area contributed by atoms with Crippen LogP contribution in [0.3, 0.4) is 0 Å². The van der Waals surface area contributed by atoms with Crippen molar-refractivity contribution < 1.29 is 4.42 Å². The molecular formula is C26H30N4O. The molecule has 5 nitrogen and oxygen atoms in total. The lowest BCUT2D eigenvalue weighted by atomic mass is 9.83. The van der Waals surface area contributed by atoms with Crippen LogP contribution in [0.1, 0.15) is 70.1 Å². The van der Waals surface area contributed by atoms with Crippen molar-refractivity contribution in [1.82, 2.24) is 15.2 Å². The minimum Gasteiger partial charge on any atom is -0.400 e. The number of fused-ring (bicyclic) bond motifs is 1. The van der Waals surface area contributed by atoms with E-state index < -0.39 is 0 Å². The van der Waals surface area contributed by atoms with E-state index in [0.29, 0.717) is 17.5 Å².